The number of piperidine rings is 1. The van der Waals surface area contributed by atoms with Gasteiger partial charge in [-0.25, -0.2) is 8.42 Å². The van der Waals surface area contributed by atoms with E-state index < -0.39 is 10.0 Å². The molecule has 130 valence electrons. The predicted molar refractivity (Wildman–Crippen MR) is 92.4 cm³/mol. The van der Waals surface area contributed by atoms with E-state index in [2.05, 4.69) is 10.4 Å². The molecule has 1 amide bonds. The molecule has 0 bridgehead atoms. The van der Waals surface area contributed by atoms with E-state index in [1.165, 1.54) is 15.6 Å². The van der Waals surface area contributed by atoms with Crippen LogP contribution in [0, 0.1) is 12.8 Å². The van der Waals surface area contributed by atoms with Gasteiger partial charge in [0, 0.05) is 26.2 Å². The maximum Gasteiger partial charge on any atom is 0.252 e. The minimum Gasteiger partial charge on any atom is -0.311 e. The minimum absolute atomic E-state index is 0.163. The summed E-state index contributed by atoms with van der Waals surface area (Å²) in [5.41, 5.74) is 0.818. The Labute approximate surface area is 145 Å². The van der Waals surface area contributed by atoms with E-state index in [9.17, 15) is 13.2 Å². The van der Waals surface area contributed by atoms with Gasteiger partial charge in [-0.05, 0) is 31.2 Å². The van der Waals surface area contributed by atoms with Crippen molar-refractivity contribution in [3.63, 3.8) is 0 Å². The van der Waals surface area contributed by atoms with Crippen molar-refractivity contribution in [3.8, 4) is 0 Å². The Bertz CT molecular complexity index is 827. The summed E-state index contributed by atoms with van der Waals surface area (Å²) in [6.45, 7) is 2.52. The number of rotatable bonds is 4. The molecule has 7 nitrogen and oxygen atoms in total. The lowest BCUT2D eigenvalue weighted by Gasteiger charge is -2.30. The van der Waals surface area contributed by atoms with Crippen LogP contribution in [-0.4, -0.2) is 41.5 Å². The third kappa shape index (κ3) is 3.38. The van der Waals surface area contributed by atoms with Gasteiger partial charge in [-0.15, -0.1) is 11.3 Å². The Morgan fingerprint density at radius 1 is 1.46 bits per heavy atom. The van der Waals surface area contributed by atoms with Gasteiger partial charge in [0.05, 0.1) is 11.6 Å². The zero-order valence-electron chi connectivity index (χ0n) is 13.6. The van der Waals surface area contributed by atoms with Gasteiger partial charge in [-0.3, -0.25) is 9.48 Å². The first-order chi connectivity index (χ1) is 11.4. The minimum atomic E-state index is -3.51. The number of nitrogens with zero attached hydrogens (tertiary/aromatic N) is 3. The molecule has 1 saturated heterocycles. The highest BCUT2D eigenvalue weighted by Gasteiger charge is 2.34. The molecule has 1 fully saturated rings. The second kappa shape index (κ2) is 6.66. The lowest BCUT2D eigenvalue weighted by Crippen LogP contribution is -2.43. The first-order valence-corrected chi connectivity index (χ1v) is 10.0. The van der Waals surface area contributed by atoms with Gasteiger partial charge in [-0.2, -0.15) is 9.40 Å². The molecule has 1 N–H and O–H groups in total. The van der Waals surface area contributed by atoms with Crippen molar-refractivity contribution in [2.24, 2.45) is 13.0 Å². The molecule has 1 aliphatic heterocycles. The van der Waals surface area contributed by atoms with Crippen LogP contribution < -0.4 is 5.32 Å². The molecule has 1 atom stereocenters. The molecule has 0 aromatic carbocycles. The number of carbonyl (C=O) groups is 1. The molecule has 2 aromatic rings. The van der Waals surface area contributed by atoms with E-state index in [1.54, 1.807) is 35.3 Å². The monoisotopic (exact) mass is 368 g/mol. The van der Waals surface area contributed by atoms with E-state index in [1.807, 2.05) is 6.92 Å². The Balaban J connectivity index is 1.71. The number of sulfonamides is 1. The number of aryl methyl sites for hydroxylation is 2. The van der Waals surface area contributed by atoms with Crippen LogP contribution in [0.25, 0.3) is 0 Å². The topological polar surface area (TPSA) is 84.3 Å². The van der Waals surface area contributed by atoms with Crippen LogP contribution in [0.5, 0.6) is 0 Å². The van der Waals surface area contributed by atoms with E-state index in [0.717, 1.165) is 5.69 Å². The number of hydrogen-bond donors (Lipinski definition) is 1. The van der Waals surface area contributed by atoms with E-state index in [4.69, 9.17) is 0 Å². The van der Waals surface area contributed by atoms with Crippen LogP contribution in [0.4, 0.5) is 5.82 Å². The molecule has 24 heavy (non-hydrogen) atoms. The first-order valence-electron chi connectivity index (χ1n) is 7.73. The highest BCUT2D eigenvalue weighted by atomic mass is 32.2. The van der Waals surface area contributed by atoms with Crippen LogP contribution in [0.1, 0.15) is 18.5 Å². The molecule has 2 aromatic heterocycles. The van der Waals surface area contributed by atoms with E-state index >= 15 is 0 Å². The van der Waals surface area contributed by atoms with Crippen molar-refractivity contribution in [2.75, 3.05) is 18.4 Å². The summed E-state index contributed by atoms with van der Waals surface area (Å²) in [7, 11) is -1.75. The second-order valence-corrected chi connectivity index (χ2v) is 9.03. The largest absolute Gasteiger partial charge is 0.311 e. The van der Waals surface area contributed by atoms with Crippen LogP contribution in [-0.2, 0) is 21.9 Å². The summed E-state index contributed by atoms with van der Waals surface area (Å²) in [5, 5.41) is 8.79. The van der Waals surface area contributed by atoms with Crippen LogP contribution >= 0.6 is 11.3 Å². The number of carbonyl (C=O) groups excluding carboxylic acids is 1. The van der Waals surface area contributed by atoms with Crippen molar-refractivity contribution in [1.29, 1.82) is 0 Å². The average Bonchev–Trinajstić information content (AvgIpc) is 3.18. The summed E-state index contributed by atoms with van der Waals surface area (Å²) < 4.78 is 28.6. The zero-order chi connectivity index (χ0) is 17.3. The summed E-state index contributed by atoms with van der Waals surface area (Å²) in [5.74, 6) is 0.100. The number of amides is 1. The number of anilines is 1. The molecule has 3 rings (SSSR count). The lowest BCUT2D eigenvalue weighted by molar-refractivity contribution is -0.120. The second-order valence-electron chi connectivity index (χ2n) is 5.92. The quantitative estimate of drug-likeness (QED) is 0.892. The summed E-state index contributed by atoms with van der Waals surface area (Å²) >= 11 is 1.20. The van der Waals surface area contributed by atoms with Crippen molar-refractivity contribution >= 4 is 33.1 Å². The Morgan fingerprint density at radius 2 is 2.25 bits per heavy atom. The van der Waals surface area contributed by atoms with Gasteiger partial charge in [0.25, 0.3) is 10.0 Å². The number of aromatic nitrogens is 2. The summed E-state index contributed by atoms with van der Waals surface area (Å²) in [6.07, 6.45) is 1.35. The van der Waals surface area contributed by atoms with E-state index in [-0.39, 0.29) is 18.4 Å². The Hall–Kier alpha value is -1.71. The third-order valence-electron chi connectivity index (χ3n) is 4.10. The van der Waals surface area contributed by atoms with Gasteiger partial charge in [0.1, 0.15) is 10.0 Å². The Morgan fingerprint density at radius 3 is 2.88 bits per heavy atom. The van der Waals surface area contributed by atoms with Gasteiger partial charge in [-0.1, -0.05) is 6.07 Å². The number of nitrogens with one attached hydrogen (secondary N) is 1. The smallest absolute Gasteiger partial charge is 0.252 e. The molecule has 1 unspecified atom stereocenters. The number of hydrogen-bond acceptors (Lipinski definition) is 5. The third-order valence-corrected chi connectivity index (χ3v) is 7.34. The predicted octanol–water partition coefficient (Wildman–Crippen LogP) is 1.83. The molecule has 0 aliphatic carbocycles. The molecule has 0 saturated carbocycles. The molecular weight excluding hydrogens is 348 g/mol. The van der Waals surface area contributed by atoms with Gasteiger partial charge < -0.3 is 5.32 Å². The molecule has 0 spiro atoms. The molecule has 9 heteroatoms. The van der Waals surface area contributed by atoms with Crippen molar-refractivity contribution < 1.29 is 13.2 Å². The summed E-state index contributed by atoms with van der Waals surface area (Å²) in [4.78, 5) is 12.5. The van der Waals surface area contributed by atoms with Crippen molar-refractivity contribution in [2.45, 2.75) is 24.0 Å². The highest BCUT2D eigenvalue weighted by molar-refractivity contribution is 7.91. The lowest BCUT2D eigenvalue weighted by atomic mass is 9.99. The maximum atomic E-state index is 12.6. The first kappa shape index (κ1) is 17.1. The highest BCUT2D eigenvalue weighted by Crippen LogP contribution is 2.27. The maximum absolute atomic E-state index is 12.6. The van der Waals surface area contributed by atoms with Crippen molar-refractivity contribution in [1.82, 2.24) is 14.1 Å². The molecule has 1 aliphatic rings. The summed E-state index contributed by atoms with van der Waals surface area (Å²) in [6, 6.07) is 5.11. The van der Waals surface area contributed by atoms with Crippen molar-refractivity contribution in [3.05, 3.63) is 29.3 Å². The van der Waals surface area contributed by atoms with Gasteiger partial charge in [0.15, 0.2) is 0 Å². The van der Waals surface area contributed by atoms with E-state index in [0.29, 0.717) is 29.4 Å². The molecule has 0 radical (unpaired) electrons. The average molecular weight is 368 g/mol. The zero-order valence-corrected chi connectivity index (χ0v) is 15.2. The number of thiophene rings is 1. The normalized spacial score (nSPS) is 19.3. The fraction of sp³-hybridized carbons (Fsp3) is 0.467. The standard InChI is InChI=1S/C15H20N4O3S2/c1-11-9-13(18(2)17-11)16-15(20)12-5-3-7-19(10-12)24(21,22)14-6-4-8-23-14/h4,6,8-9,12H,3,5,7,10H2,1-2H3,(H,16,20). The van der Waals surface area contributed by atoms with Gasteiger partial charge >= 0.3 is 0 Å². The SMILES string of the molecule is Cc1cc(NC(=O)C2CCCN(S(=O)(=O)c3cccs3)C2)n(C)n1. The fourth-order valence-electron chi connectivity index (χ4n) is 2.87. The fourth-order valence-corrected chi connectivity index (χ4v) is 5.54. The van der Waals surface area contributed by atoms with Gasteiger partial charge in [0.2, 0.25) is 5.91 Å². The van der Waals surface area contributed by atoms with Crippen LogP contribution in [0.3, 0.4) is 0 Å². The Kier molecular flexibility index (Phi) is 4.75. The molecule has 3 heterocycles. The van der Waals surface area contributed by atoms with Crippen LogP contribution in [0.15, 0.2) is 27.8 Å². The van der Waals surface area contributed by atoms with Crippen LogP contribution in [0.2, 0.25) is 0 Å². The molecular formula is C15H20N4O3S2.